The van der Waals surface area contributed by atoms with Crippen LogP contribution < -0.4 is 17.0 Å². The summed E-state index contributed by atoms with van der Waals surface area (Å²) in [6.07, 6.45) is 0. The van der Waals surface area contributed by atoms with Gasteiger partial charge in [0.25, 0.3) is 0 Å². The summed E-state index contributed by atoms with van der Waals surface area (Å²) >= 11 is 0. The zero-order valence-corrected chi connectivity index (χ0v) is 7.79. The third kappa shape index (κ3) is 4.82. The molecule has 1 rings (SSSR count). The maximum Gasteiger partial charge on any atom is 2.00 e. The SMILES string of the molecule is [2H]c1c([2H])c([2H])c([CH2-])c([2H])c1[2H].[Br-].[Mg+2]. The number of hydrogen-bond donors (Lipinski definition) is 0. The molecule has 0 bridgehead atoms. The molecule has 0 amide bonds. The fourth-order valence-electron chi connectivity index (χ4n) is 0.276. The van der Waals surface area contributed by atoms with Gasteiger partial charge in [-0.05, 0) is 2.74 Å². The molecule has 0 aliphatic heterocycles. The molecule has 2 heteroatoms. The first-order valence-corrected chi connectivity index (χ1v) is 1.85. The molecule has 0 spiro atoms. The minimum atomic E-state index is -0.377. The van der Waals surface area contributed by atoms with E-state index in [1.807, 2.05) is 0 Å². The van der Waals surface area contributed by atoms with E-state index >= 15 is 0 Å². The molecule has 0 aromatic heterocycles. The fourth-order valence-corrected chi connectivity index (χ4v) is 0.276. The third-order valence-corrected chi connectivity index (χ3v) is 0.552. The molecule has 1 aromatic carbocycles. The Kier molecular flexibility index (Phi) is 3.06. The predicted molar refractivity (Wildman–Crippen MR) is 36.7 cm³/mol. The molecule has 0 saturated heterocycles. The van der Waals surface area contributed by atoms with E-state index in [0.717, 1.165) is 0 Å². The molecule has 0 unspecified atom stereocenters. The third-order valence-electron chi connectivity index (χ3n) is 0.552. The minimum Gasteiger partial charge on any atom is -1.00 e. The average Bonchev–Trinajstić information content (AvgIpc) is 2.08. The van der Waals surface area contributed by atoms with Crippen LogP contribution in [0.1, 0.15) is 12.4 Å². The smallest absolute Gasteiger partial charge is 1.00 e. The number of rotatable bonds is 0. The van der Waals surface area contributed by atoms with Crippen LogP contribution in [-0.4, -0.2) is 23.1 Å². The molecule has 9 heavy (non-hydrogen) atoms. The maximum absolute atomic E-state index is 7.25. The summed E-state index contributed by atoms with van der Waals surface area (Å²) in [5.41, 5.74) is 0.0426. The Balaban J connectivity index is 0. The van der Waals surface area contributed by atoms with Gasteiger partial charge in [-0.1, -0.05) is 6.04 Å². The van der Waals surface area contributed by atoms with E-state index in [2.05, 4.69) is 6.92 Å². The first-order valence-electron chi connectivity index (χ1n) is 4.35. The largest absolute Gasteiger partial charge is 2.00 e. The van der Waals surface area contributed by atoms with E-state index in [1.54, 1.807) is 0 Å². The molecule has 1 aromatic rings. The van der Waals surface area contributed by atoms with Crippen LogP contribution in [0.15, 0.2) is 30.2 Å². The van der Waals surface area contributed by atoms with E-state index in [4.69, 9.17) is 6.85 Å². The van der Waals surface area contributed by atoms with Gasteiger partial charge in [-0.3, -0.25) is 0 Å². The van der Waals surface area contributed by atoms with Crippen LogP contribution in [-0.2, 0) is 0 Å². The molecule has 0 aliphatic carbocycles. The van der Waals surface area contributed by atoms with Gasteiger partial charge in [-0.25, -0.2) is 0 Å². The molecule has 0 atom stereocenters. The molecular weight excluding hydrogens is 188 g/mol. The van der Waals surface area contributed by atoms with E-state index in [1.165, 1.54) is 0 Å². The summed E-state index contributed by atoms with van der Waals surface area (Å²) in [6.45, 7) is 3.38. The van der Waals surface area contributed by atoms with Crippen molar-refractivity contribution in [3.63, 3.8) is 0 Å². The monoisotopic (exact) mass is 199 g/mol. The summed E-state index contributed by atoms with van der Waals surface area (Å²) in [5, 5.41) is 0. The van der Waals surface area contributed by atoms with E-state index in [-0.39, 0.29) is 75.8 Å². The molecule has 0 nitrogen and oxygen atoms in total. The van der Waals surface area contributed by atoms with Gasteiger partial charge in [-0.15, -0.1) is 12.1 Å². The Morgan fingerprint density at radius 2 is 1.67 bits per heavy atom. The molecular formula is C7H7BrMg. The Labute approximate surface area is 89.6 Å². The Hall–Kier alpha value is 0.336. The first-order chi connectivity index (χ1) is 5.46. The molecule has 44 valence electrons. The molecule has 0 heterocycles. The van der Waals surface area contributed by atoms with Crippen molar-refractivity contribution >= 4 is 23.1 Å². The Bertz CT molecular complexity index is 236. The van der Waals surface area contributed by atoms with Crippen LogP contribution in [0.5, 0.6) is 0 Å². The van der Waals surface area contributed by atoms with Crippen molar-refractivity contribution in [3.8, 4) is 0 Å². The van der Waals surface area contributed by atoms with Crippen molar-refractivity contribution in [2.24, 2.45) is 0 Å². The Morgan fingerprint density at radius 1 is 1.22 bits per heavy atom. The van der Waals surface area contributed by atoms with Crippen molar-refractivity contribution in [1.29, 1.82) is 0 Å². The number of halogens is 1. The summed E-state index contributed by atoms with van der Waals surface area (Å²) in [6, 6.07) is -1.51. The van der Waals surface area contributed by atoms with Crippen molar-refractivity contribution < 1.29 is 23.8 Å². The number of benzene rings is 1. The van der Waals surface area contributed by atoms with Crippen molar-refractivity contribution in [1.82, 2.24) is 0 Å². The van der Waals surface area contributed by atoms with Gasteiger partial charge in [0.1, 0.15) is 0 Å². The van der Waals surface area contributed by atoms with Crippen LogP contribution in [0.2, 0.25) is 0 Å². The minimum absolute atomic E-state index is 0. The summed E-state index contributed by atoms with van der Waals surface area (Å²) in [4.78, 5) is 0. The standard InChI is InChI=1S/C7H7.BrH.Mg/c1-7-5-3-2-4-6-7;;/h2-6H,1H2;1H;/q-1;;+2/p-1/i2D,3D,4D,5D,6D;;. The molecule has 0 fully saturated rings. The van der Waals surface area contributed by atoms with Gasteiger partial charge in [0, 0.05) is 2.74 Å². The average molecular weight is 200 g/mol. The molecule has 0 radical (unpaired) electrons. The van der Waals surface area contributed by atoms with Crippen LogP contribution >= 0.6 is 0 Å². The van der Waals surface area contributed by atoms with Crippen LogP contribution in [0.3, 0.4) is 0 Å². The quantitative estimate of drug-likeness (QED) is 0.353. The second kappa shape index (κ2) is 6.46. The van der Waals surface area contributed by atoms with Gasteiger partial charge in [-0.2, -0.15) is 24.6 Å². The van der Waals surface area contributed by atoms with E-state index in [0.29, 0.717) is 0 Å². The zero-order chi connectivity index (χ0) is 9.46. The summed E-state index contributed by atoms with van der Waals surface area (Å²) in [7, 11) is 0. The summed E-state index contributed by atoms with van der Waals surface area (Å²) in [5.74, 6) is 0. The Morgan fingerprint density at radius 3 is 2.11 bits per heavy atom. The van der Waals surface area contributed by atoms with Crippen LogP contribution in [0, 0.1) is 6.92 Å². The second-order valence-electron chi connectivity index (χ2n) is 1.10. The van der Waals surface area contributed by atoms with Gasteiger partial charge in [0.05, 0.1) is 1.37 Å². The van der Waals surface area contributed by atoms with Crippen LogP contribution in [0.4, 0.5) is 0 Å². The van der Waals surface area contributed by atoms with Gasteiger partial charge < -0.3 is 17.0 Å². The number of hydrogen-bond acceptors (Lipinski definition) is 0. The molecule has 0 aliphatic rings. The molecule has 0 saturated carbocycles. The first kappa shape index (κ1) is 4.26. The van der Waals surface area contributed by atoms with Gasteiger partial charge >= 0.3 is 23.1 Å². The summed E-state index contributed by atoms with van der Waals surface area (Å²) < 4.78 is 36.1. The normalized spacial score (nSPS) is 14.4. The fraction of sp³-hybridized carbons (Fsp3) is 0. The van der Waals surface area contributed by atoms with E-state index in [9.17, 15) is 0 Å². The van der Waals surface area contributed by atoms with Crippen molar-refractivity contribution in [2.75, 3.05) is 0 Å². The van der Waals surface area contributed by atoms with Gasteiger partial charge in [0.2, 0.25) is 0 Å². The second-order valence-corrected chi connectivity index (χ2v) is 1.10. The zero-order valence-electron chi connectivity index (χ0n) is 9.79. The van der Waals surface area contributed by atoms with E-state index < -0.39 is 0 Å². The predicted octanol–water partition coefficient (Wildman–Crippen LogP) is -1.51. The topological polar surface area (TPSA) is 0 Å². The van der Waals surface area contributed by atoms with Gasteiger partial charge in [0.15, 0.2) is 0 Å². The van der Waals surface area contributed by atoms with Crippen molar-refractivity contribution in [3.05, 3.63) is 42.7 Å². The maximum atomic E-state index is 7.25. The van der Waals surface area contributed by atoms with Crippen molar-refractivity contribution in [2.45, 2.75) is 0 Å². The molecule has 0 N–H and O–H groups in total. The van der Waals surface area contributed by atoms with Crippen LogP contribution in [0.25, 0.3) is 0 Å².